The second-order valence-corrected chi connectivity index (χ2v) is 34.2. The predicted molar refractivity (Wildman–Crippen MR) is 395 cm³/mol. The van der Waals surface area contributed by atoms with Crippen LogP contribution in [0.2, 0.25) is 0 Å². The van der Waals surface area contributed by atoms with Gasteiger partial charge in [0.25, 0.3) is 0 Å². The van der Waals surface area contributed by atoms with Gasteiger partial charge < -0.3 is 0 Å². The molecular formula is C78H57N6P3S3. The van der Waals surface area contributed by atoms with Crippen LogP contribution in [0.5, 0.6) is 0 Å². The van der Waals surface area contributed by atoms with Crippen molar-refractivity contribution in [3.8, 4) is 33.4 Å². The average Bonchev–Trinajstić information content (AvgIpc) is 1.57. The van der Waals surface area contributed by atoms with E-state index in [4.69, 9.17) is 35.4 Å². The van der Waals surface area contributed by atoms with E-state index in [9.17, 15) is 0 Å². The van der Waals surface area contributed by atoms with Crippen LogP contribution in [0.4, 0.5) is 68.2 Å². The summed E-state index contributed by atoms with van der Waals surface area (Å²) in [4.78, 5) is 0. The third-order valence-corrected chi connectivity index (χ3v) is 30.7. The Labute approximate surface area is 541 Å². The SMILES string of the molecule is S=P1(c2cccc(-c3cc(-c4cccc(P5(=S)N(c6ccccc6)c6ccccc6N5c5ccccc5)c4)cc(-c4cccc(P5(=S)N(c6ccccc6)c6ccccc6N5c5ccccc5)c4)c3)c2)N(c2ccccc2)c2ccccc2N1c1ccccc1. The lowest BCUT2D eigenvalue weighted by molar-refractivity contribution is 1.44. The first-order chi connectivity index (χ1) is 44.3. The molecule has 13 aromatic carbocycles. The van der Waals surface area contributed by atoms with Crippen LogP contribution in [0.15, 0.2) is 346 Å². The molecule has 0 unspecified atom stereocenters. The van der Waals surface area contributed by atoms with Gasteiger partial charge in [0, 0.05) is 50.0 Å². The minimum absolute atomic E-state index is 1.05. The van der Waals surface area contributed by atoms with Crippen LogP contribution in [-0.4, -0.2) is 0 Å². The molecule has 90 heavy (non-hydrogen) atoms. The Bertz CT molecular complexity index is 4280. The molecule has 0 aromatic heterocycles. The fraction of sp³-hybridized carbons (Fsp3) is 0. The molecular weight excluding hydrogens is 1210 g/mol. The summed E-state index contributed by atoms with van der Waals surface area (Å²) in [5, 5.41) is 3.20. The first kappa shape index (κ1) is 55.9. The number of fused-ring (bicyclic) bond motifs is 3. The molecule has 6 nitrogen and oxygen atoms in total. The van der Waals surface area contributed by atoms with Crippen molar-refractivity contribution in [2.75, 3.05) is 28.0 Å². The highest BCUT2D eigenvalue weighted by atomic mass is 32.5. The molecule has 3 heterocycles. The van der Waals surface area contributed by atoms with Gasteiger partial charge in [0.15, 0.2) is 19.0 Å². The van der Waals surface area contributed by atoms with Crippen LogP contribution in [-0.2, 0) is 35.4 Å². The lowest BCUT2D eigenvalue weighted by atomic mass is 9.93. The lowest BCUT2D eigenvalue weighted by Crippen LogP contribution is -2.26. The Balaban J connectivity index is 0.907. The lowest BCUT2D eigenvalue weighted by Gasteiger charge is -2.37. The van der Waals surface area contributed by atoms with E-state index in [1.807, 2.05) is 0 Å². The molecule has 0 N–H and O–H groups in total. The third kappa shape index (κ3) is 9.14. The summed E-state index contributed by atoms with van der Waals surface area (Å²) in [6, 6.07) is 124. The zero-order valence-corrected chi connectivity index (χ0v) is 53.8. The highest BCUT2D eigenvalue weighted by Crippen LogP contribution is 2.73. The monoisotopic (exact) mass is 1270 g/mol. The third-order valence-electron chi connectivity index (χ3n) is 17.1. The van der Waals surface area contributed by atoms with E-state index >= 15 is 0 Å². The minimum Gasteiger partial charge on any atom is -0.291 e. The topological polar surface area (TPSA) is 19.4 Å². The largest absolute Gasteiger partial charge is 0.291 e. The predicted octanol–water partition coefficient (Wildman–Crippen LogP) is 21.5. The van der Waals surface area contributed by atoms with Crippen molar-refractivity contribution in [1.29, 1.82) is 0 Å². The van der Waals surface area contributed by atoms with Gasteiger partial charge in [-0.3, -0.25) is 28.0 Å². The fourth-order valence-electron chi connectivity index (χ4n) is 13.2. The van der Waals surface area contributed by atoms with E-state index in [0.717, 1.165) is 118 Å². The molecule has 0 saturated carbocycles. The second kappa shape index (κ2) is 22.9. The Morgan fingerprint density at radius 1 is 0.167 bits per heavy atom. The summed E-state index contributed by atoms with van der Waals surface area (Å²) in [5.41, 5.74) is 19.1. The van der Waals surface area contributed by atoms with Crippen molar-refractivity contribution in [2.45, 2.75) is 0 Å². The van der Waals surface area contributed by atoms with E-state index in [0.29, 0.717) is 0 Å². The van der Waals surface area contributed by atoms with Gasteiger partial charge >= 0.3 is 0 Å². The van der Waals surface area contributed by atoms with E-state index in [-0.39, 0.29) is 0 Å². The smallest absolute Gasteiger partial charge is 0.162 e. The van der Waals surface area contributed by atoms with E-state index < -0.39 is 19.0 Å². The van der Waals surface area contributed by atoms with Crippen LogP contribution < -0.4 is 43.9 Å². The van der Waals surface area contributed by atoms with E-state index in [2.05, 4.69) is 374 Å². The Morgan fingerprint density at radius 3 is 0.533 bits per heavy atom. The van der Waals surface area contributed by atoms with Gasteiger partial charge in [0.2, 0.25) is 0 Å². The summed E-state index contributed by atoms with van der Waals surface area (Å²) in [5.74, 6) is 0. The molecule has 13 aromatic rings. The molecule has 432 valence electrons. The molecule has 3 aliphatic heterocycles. The highest BCUT2D eigenvalue weighted by Gasteiger charge is 2.48. The quantitative estimate of drug-likeness (QED) is 0.111. The van der Waals surface area contributed by atoms with Crippen molar-refractivity contribution in [3.05, 3.63) is 346 Å². The van der Waals surface area contributed by atoms with Gasteiger partial charge in [-0.15, -0.1) is 0 Å². The maximum absolute atomic E-state index is 7.38. The first-order valence-electron chi connectivity index (χ1n) is 30.0. The number of para-hydroxylation sites is 12. The van der Waals surface area contributed by atoms with Crippen LogP contribution in [0.25, 0.3) is 33.4 Å². The van der Waals surface area contributed by atoms with Crippen molar-refractivity contribution >= 4 is 139 Å². The molecule has 0 saturated heterocycles. The molecule has 0 aliphatic carbocycles. The summed E-state index contributed by atoms with van der Waals surface area (Å²) in [6.45, 7) is 0. The molecule has 0 spiro atoms. The van der Waals surface area contributed by atoms with Gasteiger partial charge in [-0.25, -0.2) is 0 Å². The van der Waals surface area contributed by atoms with Gasteiger partial charge in [-0.1, -0.05) is 200 Å². The normalized spacial score (nSPS) is 14.9. The highest BCUT2D eigenvalue weighted by molar-refractivity contribution is 8.21. The number of anilines is 12. The summed E-state index contributed by atoms with van der Waals surface area (Å²) < 4.78 is 14.6. The number of benzene rings is 13. The second-order valence-electron chi connectivity index (χ2n) is 22.4. The Kier molecular flexibility index (Phi) is 14.2. The zero-order valence-electron chi connectivity index (χ0n) is 48.7. The van der Waals surface area contributed by atoms with Gasteiger partial charge in [-0.2, -0.15) is 0 Å². The molecule has 16 rings (SSSR count). The van der Waals surface area contributed by atoms with Gasteiger partial charge in [0.1, 0.15) is 0 Å². The summed E-state index contributed by atoms with van der Waals surface area (Å²) in [6.07, 6.45) is -8.75. The molecule has 0 bridgehead atoms. The average molecular weight is 1270 g/mol. The minimum atomic E-state index is -2.92. The van der Waals surface area contributed by atoms with Crippen LogP contribution >= 0.6 is 19.0 Å². The maximum atomic E-state index is 7.38. The van der Waals surface area contributed by atoms with Crippen molar-refractivity contribution in [1.82, 2.24) is 0 Å². The van der Waals surface area contributed by atoms with Crippen molar-refractivity contribution < 1.29 is 0 Å². The van der Waals surface area contributed by atoms with Gasteiger partial charge in [0.05, 0.1) is 34.1 Å². The van der Waals surface area contributed by atoms with Gasteiger partial charge in [-0.05, 0) is 214 Å². The molecule has 3 aliphatic rings. The molecule has 0 radical (unpaired) electrons. The van der Waals surface area contributed by atoms with Crippen molar-refractivity contribution in [2.24, 2.45) is 0 Å². The summed E-state index contributed by atoms with van der Waals surface area (Å²) in [7, 11) is 0. The molecule has 12 heteroatoms. The fourth-order valence-corrected chi connectivity index (χ4v) is 26.7. The summed E-state index contributed by atoms with van der Waals surface area (Å²) >= 11 is 22.1. The Hall–Kier alpha value is -9.39. The Morgan fingerprint density at radius 2 is 0.344 bits per heavy atom. The molecule has 0 amide bonds. The molecule has 0 atom stereocenters. The van der Waals surface area contributed by atoms with Crippen molar-refractivity contribution in [3.63, 3.8) is 0 Å². The number of hydrogen-bond donors (Lipinski definition) is 0. The number of rotatable bonds is 12. The van der Waals surface area contributed by atoms with E-state index in [1.165, 1.54) is 0 Å². The van der Waals surface area contributed by atoms with Crippen LogP contribution in [0, 0.1) is 0 Å². The number of nitrogens with zero attached hydrogens (tertiary/aromatic N) is 6. The van der Waals surface area contributed by atoms with Crippen LogP contribution in [0.1, 0.15) is 0 Å². The zero-order chi connectivity index (χ0) is 60.4. The standard InChI is InChI=1S/C78H57N6P3S3/c88-85(79(64-31-7-1-8-32-64)73-46-19-20-47-74(73)80(85)65-33-9-2-10-34-65)70-43-25-28-58(55-70)61-52-62(59-29-26-44-71(56-59)86(89)81(66-35-11-3-12-36-66)75-48-21-22-49-76(75)82(86)67-37-13-4-14-38-67)54-63(53-61)60-30-27-45-72(57-60)87(90)83(68-39-15-5-16-40-68)77-50-23-24-51-78(77)84(87)69-41-17-6-18-42-69/h1-57H. The van der Waals surface area contributed by atoms with E-state index in [1.54, 1.807) is 0 Å². The van der Waals surface area contributed by atoms with Crippen LogP contribution in [0.3, 0.4) is 0 Å². The first-order valence-corrected chi connectivity index (χ1v) is 38.1. The number of hydrogen-bond acceptors (Lipinski definition) is 3. The molecule has 0 fully saturated rings. The maximum Gasteiger partial charge on any atom is 0.162 e.